The summed E-state index contributed by atoms with van der Waals surface area (Å²) in [6.07, 6.45) is 1.29. The molecule has 2 unspecified atom stereocenters. The van der Waals surface area contributed by atoms with Crippen LogP contribution in [0, 0.1) is 5.92 Å². The number of hydrogen-bond acceptors (Lipinski definition) is 2. The van der Waals surface area contributed by atoms with Gasteiger partial charge in [-0.15, -0.1) is 11.8 Å². The first-order valence-electron chi connectivity index (χ1n) is 7.00. The molecule has 0 aliphatic carbocycles. The zero-order valence-electron chi connectivity index (χ0n) is 12.0. The summed E-state index contributed by atoms with van der Waals surface area (Å²) in [4.78, 5) is 4.03. The third kappa shape index (κ3) is 3.30. The molecule has 1 heterocycles. The normalized spacial score (nSPS) is 20.4. The van der Waals surface area contributed by atoms with Gasteiger partial charge in [-0.3, -0.25) is 0 Å². The van der Waals surface area contributed by atoms with Crippen LogP contribution in [0.1, 0.15) is 38.7 Å². The highest BCUT2D eigenvalue weighted by atomic mass is 32.2. The maximum absolute atomic E-state index is 2.54. The monoisotopic (exact) mass is 263 g/mol. The van der Waals surface area contributed by atoms with Crippen LogP contribution in [0.3, 0.4) is 0 Å². The Morgan fingerprint density at radius 1 is 1.28 bits per heavy atom. The molecule has 0 saturated carbocycles. The van der Waals surface area contributed by atoms with Gasteiger partial charge in [0.15, 0.2) is 0 Å². The standard InChI is InChI=1S/C16H25NS/c1-12(2)9-13(3)17(4)10-14-11-18-16-8-6-5-7-15(14)16/h5-8,12-14H,9-11H2,1-4H3. The quantitative estimate of drug-likeness (QED) is 0.781. The van der Waals surface area contributed by atoms with E-state index in [4.69, 9.17) is 0 Å². The van der Waals surface area contributed by atoms with E-state index < -0.39 is 0 Å². The first kappa shape index (κ1) is 14.0. The Kier molecular flexibility index (Phi) is 4.74. The molecule has 1 nitrogen and oxygen atoms in total. The highest BCUT2D eigenvalue weighted by Crippen LogP contribution is 2.39. The van der Waals surface area contributed by atoms with Crippen molar-refractivity contribution in [3.8, 4) is 0 Å². The summed E-state index contributed by atoms with van der Waals surface area (Å²) >= 11 is 2.02. The van der Waals surface area contributed by atoms with Crippen molar-refractivity contribution in [2.24, 2.45) is 5.92 Å². The average Bonchev–Trinajstić information content (AvgIpc) is 2.72. The molecular formula is C16H25NS. The van der Waals surface area contributed by atoms with Crippen molar-refractivity contribution >= 4 is 11.8 Å². The van der Waals surface area contributed by atoms with Gasteiger partial charge in [-0.25, -0.2) is 0 Å². The molecule has 0 bridgehead atoms. The summed E-state index contributed by atoms with van der Waals surface area (Å²) in [5.74, 6) is 2.75. The topological polar surface area (TPSA) is 3.24 Å². The maximum Gasteiger partial charge on any atom is 0.0108 e. The molecule has 1 aliphatic rings. The lowest BCUT2D eigenvalue weighted by atomic mass is 9.99. The summed E-state index contributed by atoms with van der Waals surface area (Å²) in [7, 11) is 2.28. The molecular weight excluding hydrogens is 238 g/mol. The second kappa shape index (κ2) is 6.12. The lowest BCUT2D eigenvalue weighted by molar-refractivity contribution is 0.220. The van der Waals surface area contributed by atoms with Crippen molar-refractivity contribution in [1.82, 2.24) is 4.90 Å². The fourth-order valence-corrected chi connectivity index (χ4v) is 4.01. The van der Waals surface area contributed by atoms with Crippen LogP contribution in [0.5, 0.6) is 0 Å². The largest absolute Gasteiger partial charge is 0.303 e. The Labute approximate surface area is 116 Å². The van der Waals surface area contributed by atoms with Crippen molar-refractivity contribution < 1.29 is 0 Å². The highest BCUT2D eigenvalue weighted by Gasteiger charge is 2.25. The van der Waals surface area contributed by atoms with Crippen LogP contribution >= 0.6 is 11.8 Å². The van der Waals surface area contributed by atoms with Crippen molar-refractivity contribution in [2.45, 2.75) is 44.0 Å². The van der Waals surface area contributed by atoms with Crippen LogP contribution in [-0.2, 0) is 0 Å². The molecule has 2 atom stereocenters. The SMILES string of the molecule is CC(C)CC(C)N(C)CC1CSc2ccccc21. The molecule has 0 aromatic heterocycles. The van der Waals surface area contributed by atoms with E-state index in [1.165, 1.54) is 23.6 Å². The van der Waals surface area contributed by atoms with Gasteiger partial charge >= 0.3 is 0 Å². The van der Waals surface area contributed by atoms with Crippen molar-refractivity contribution in [3.05, 3.63) is 29.8 Å². The van der Waals surface area contributed by atoms with E-state index in [-0.39, 0.29) is 0 Å². The molecule has 2 heteroatoms. The summed E-state index contributed by atoms with van der Waals surface area (Å²) < 4.78 is 0. The Morgan fingerprint density at radius 2 is 2.00 bits per heavy atom. The molecule has 2 rings (SSSR count). The van der Waals surface area contributed by atoms with Gasteiger partial charge in [-0.1, -0.05) is 32.0 Å². The number of hydrogen-bond donors (Lipinski definition) is 0. The number of thioether (sulfide) groups is 1. The van der Waals surface area contributed by atoms with Crippen LogP contribution in [-0.4, -0.2) is 30.3 Å². The minimum atomic E-state index is 0.683. The van der Waals surface area contributed by atoms with Crippen LogP contribution in [0.25, 0.3) is 0 Å². The lowest BCUT2D eigenvalue weighted by Gasteiger charge is -2.28. The molecule has 0 spiro atoms. The van der Waals surface area contributed by atoms with E-state index in [2.05, 4.69) is 57.0 Å². The lowest BCUT2D eigenvalue weighted by Crippen LogP contribution is -2.34. The minimum absolute atomic E-state index is 0.683. The first-order chi connectivity index (χ1) is 8.58. The summed E-state index contributed by atoms with van der Waals surface area (Å²) in [5, 5.41) is 0. The van der Waals surface area contributed by atoms with Gasteiger partial charge in [-0.05, 0) is 37.9 Å². The molecule has 1 aromatic rings. The molecule has 0 radical (unpaired) electrons. The molecule has 0 fully saturated rings. The van der Waals surface area contributed by atoms with Gasteiger partial charge in [0.2, 0.25) is 0 Å². The average molecular weight is 263 g/mol. The molecule has 18 heavy (non-hydrogen) atoms. The fraction of sp³-hybridized carbons (Fsp3) is 0.625. The van der Waals surface area contributed by atoms with E-state index in [0.717, 1.165) is 5.92 Å². The van der Waals surface area contributed by atoms with Crippen LogP contribution in [0.4, 0.5) is 0 Å². The van der Waals surface area contributed by atoms with Gasteiger partial charge in [0.1, 0.15) is 0 Å². The zero-order chi connectivity index (χ0) is 13.1. The van der Waals surface area contributed by atoms with Crippen molar-refractivity contribution in [2.75, 3.05) is 19.3 Å². The van der Waals surface area contributed by atoms with Gasteiger partial charge in [0, 0.05) is 29.2 Å². The van der Waals surface area contributed by atoms with Gasteiger partial charge in [0.25, 0.3) is 0 Å². The Balaban J connectivity index is 1.95. The van der Waals surface area contributed by atoms with Gasteiger partial charge in [-0.2, -0.15) is 0 Å². The number of rotatable bonds is 5. The smallest absolute Gasteiger partial charge is 0.0108 e. The number of likely N-dealkylation sites (N-methyl/N-ethyl adjacent to an activating group) is 1. The molecule has 100 valence electrons. The molecule has 1 aromatic carbocycles. The second-order valence-electron chi connectivity index (χ2n) is 5.96. The Hall–Kier alpha value is -0.470. The Bertz CT molecular complexity index is 388. The fourth-order valence-electron chi connectivity index (χ4n) is 2.77. The molecule has 0 N–H and O–H groups in total. The van der Waals surface area contributed by atoms with Crippen molar-refractivity contribution in [1.29, 1.82) is 0 Å². The van der Waals surface area contributed by atoms with E-state index in [9.17, 15) is 0 Å². The van der Waals surface area contributed by atoms with E-state index >= 15 is 0 Å². The van der Waals surface area contributed by atoms with Crippen molar-refractivity contribution in [3.63, 3.8) is 0 Å². The number of nitrogens with zero attached hydrogens (tertiary/aromatic N) is 1. The minimum Gasteiger partial charge on any atom is -0.303 e. The summed E-state index contributed by atoms with van der Waals surface area (Å²) in [6, 6.07) is 9.58. The van der Waals surface area contributed by atoms with Crippen LogP contribution in [0.2, 0.25) is 0 Å². The van der Waals surface area contributed by atoms with Crippen LogP contribution < -0.4 is 0 Å². The second-order valence-corrected chi connectivity index (χ2v) is 7.03. The van der Waals surface area contributed by atoms with Gasteiger partial charge in [0.05, 0.1) is 0 Å². The number of benzene rings is 1. The molecule has 1 aliphatic heterocycles. The predicted octanol–water partition coefficient (Wildman–Crippen LogP) is 4.24. The van der Waals surface area contributed by atoms with E-state index in [0.29, 0.717) is 12.0 Å². The Morgan fingerprint density at radius 3 is 2.72 bits per heavy atom. The first-order valence-corrected chi connectivity index (χ1v) is 7.98. The van der Waals surface area contributed by atoms with Gasteiger partial charge < -0.3 is 4.90 Å². The van der Waals surface area contributed by atoms with E-state index in [1.807, 2.05) is 11.8 Å². The third-order valence-electron chi connectivity index (χ3n) is 3.87. The highest BCUT2D eigenvalue weighted by molar-refractivity contribution is 7.99. The zero-order valence-corrected chi connectivity index (χ0v) is 12.8. The molecule has 0 amide bonds. The number of fused-ring (bicyclic) bond motifs is 1. The third-order valence-corrected chi connectivity index (χ3v) is 5.12. The molecule has 0 saturated heterocycles. The predicted molar refractivity (Wildman–Crippen MR) is 81.5 cm³/mol. The maximum atomic E-state index is 2.54. The summed E-state index contributed by atoms with van der Waals surface area (Å²) in [5.41, 5.74) is 1.56. The van der Waals surface area contributed by atoms with Crippen LogP contribution in [0.15, 0.2) is 29.2 Å². The summed E-state index contributed by atoms with van der Waals surface area (Å²) in [6.45, 7) is 8.17. The van der Waals surface area contributed by atoms with E-state index in [1.54, 1.807) is 5.56 Å².